The second kappa shape index (κ2) is 7.49. The number of rotatable bonds is 5. The van der Waals surface area contributed by atoms with Crippen LogP contribution in [0.15, 0.2) is 41.3 Å². The zero-order valence-corrected chi connectivity index (χ0v) is 15.9. The van der Waals surface area contributed by atoms with Gasteiger partial charge in [0.1, 0.15) is 6.61 Å². The Morgan fingerprint density at radius 3 is 2.50 bits per heavy atom. The van der Waals surface area contributed by atoms with Crippen molar-refractivity contribution in [3.05, 3.63) is 53.1 Å². The van der Waals surface area contributed by atoms with E-state index >= 15 is 0 Å². The Bertz CT molecular complexity index is 1050. The molecule has 0 radical (unpaired) electrons. The van der Waals surface area contributed by atoms with Gasteiger partial charge in [0.15, 0.2) is 11.5 Å². The number of fused-ring (bicyclic) bond motifs is 1. The molecule has 148 valence electrons. The predicted molar refractivity (Wildman–Crippen MR) is 97.7 cm³/mol. The van der Waals surface area contributed by atoms with Crippen molar-refractivity contribution in [3.63, 3.8) is 0 Å². The second-order valence-corrected chi connectivity index (χ2v) is 7.83. The number of hydrogen-bond acceptors (Lipinski definition) is 6. The number of carboxylic acid groups (broad SMARTS) is 1. The van der Waals surface area contributed by atoms with Gasteiger partial charge < -0.3 is 14.6 Å². The maximum atomic E-state index is 12.6. The molecule has 0 fully saturated rings. The van der Waals surface area contributed by atoms with Crippen LogP contribution in [0.5, 0.6) is 11.5 Å². The third-order valence-electron chi connectivity index (χ3n) is 4.27. The number of carbonyl (C=O) groups excluding carboxylic acids is 1. The number of carbonyl (C=O) groups is 2. The average Bonchev–Trinajstić information content (AvgIpc) is 2.67. The van der Waals surface area contributed by atoms with Crippen molar-refractivity contribution in [1.82, 2.24) is 10.3 Å². The minimum Gasteiger partial charge on any atom is -0.485 e. The van der Waals surface area contributed by atoms with Gasteiger partial charge in [0.25, 0.3) is 15.9 Å². The molecule has 9 nitrogen and oxygen atoms in total. The quantitative estimate of drug-likeness (QED) is 0.635. The van der Waals surface area contributed by atoms with Crippen LogP contribution in [0.25, 0.3) is 0 Å². The van der Waals surface area contributed by atoms with Crippen LogP contribution in [0.2, 0.25) is 0 Å². The summed E-state index contributed by atoms with van der Waals surface area (Å²) in [5.41, 5.74) is 2.78. The maximum absolute atomic E-state index is 12.6. The van der Waals surface area contributed by atoms with Crippen LogP contribution in [0.4, 0.5) is 0 Å². The van der Waals surface area contributed by atoms with Gasteiger partial charge in [-0.25, -0.2) is 13.2 Å². The molecule has 1 heterocycles. The smallest absolute Gasteiger partial charge is 0.335 e. The van der Waals surface area contributed by atoms with Crippen molar-refractivity contribution in [1.29, 1.82) is 0 Å². The summed E-state index contributed by atoms with van der Waals surface area (Å²) < 4.78 is 36.1. The van der Waals surface area contributed by atoms with Crippen LogP contribution in [-0.4, -0.2) is 38.1 Å². The molecule has 0 spiro atoms. The Morgan fingerprint density at radius 1 is 1.14 bits per heavy atom. The van der Waals surface area contributed by atoms with Gasteiger partial charge in [-0.1, -0.05) is 12.1 Å². The van der Waals surface area contributed by atoms with Gasteiger partial charge in [-0.3, -0.25) is 10.2 Å². The van der Waals surface area contributed by atoms with E-state index in [-0.39, 0.29) is 17.1 Å². The number of benzene rings is 2. The van der Waals surface area contributed by atoms with E-state index in [1.165, 1.54) is 6.07 Å². The first-order chi connectivity index (χ1) is 13.2. The number of hydrazine groups is 1. The summed E-state index contributed by atoms with van der Waals surface area (Å²) in [6.45, 7) is 3.06. The summed E-state index contributed by atoms with van der Waals surface area (Å²) in [5, 5.41) is 9.14. The fraction of sp³-hybridized carbons (Fsp3) is 0.222. The Kier molecular flexibility index (Phi) is 5.25. The third-order valence-corrected chi connectivity index (χ3v) is 5.64. The number of amides is 1. The summed E-state index contributed by atoms with van der Waals surface area (Å²) in [6.07, 6.45) is -1.05. The average molecular weight is 406 g/mol. The molecule has 0 aliphatic carbocycles. The highest BCUT2D eigenvalue weighted by atomic mass is 32.2. The number of hydrogen-bond donors (Lipinski definition) is 3. The first-order valence-corrected chi connectivity index (χ1v) is 9.72. The molecule has 0 saturated heterocycles. The number of aromatic carboxylic acids is 1. The molecule has 0 bridgehead atoms. The molecule has 0 saturated carbocycles. The Balaban J connectivity index is 1.74. The molecule has 1 atom stereocenters. The fourth-order valence-electron chi connectivity index (χ4n) is 2.63. The summed E-state index contributed by atoms with van der Waals surface area (Å²) in [5.74, 6) is -1.14. The van der Waals surface area contributed by atoms with Crippen molar-refractivity contribution in [2.75, 3.05) is 6.61 Å². The maximum Gasteiger partial charge on any atom is 0.335 e. The Labute approximate surface area is 161 Å². The number of nitrogens with one attached hydrogen (secondary N) is 2. The number of para-hydroxylation sites is 2. The molecule has 0 unspecified atom stereocenters. The zero-order chi connectivity index (χ0) is 20.5. The molecule has 28 heavy (non-hydrogen) atoms. The number of aryl methyl sites for hydroxylation is 1. The van der Waals surface area contributed by atoms with E-state index in [0.29, 0.717) is 22.6 Å². The van der Waals surface area contributed by atoms with Crippen molar-refractivity contribution in [3.8, 4) is 11.5 Å². The van der Waals surface area contributed by atoms with Crippen LogP contribution < -0.4 is 19.7 Å². The molecule has 1 aliphatic heterocycles. The van der Waals surface area contributed by atoms with Crippen molar-refractivity contribution < 1.29 is 32.6 Å². The van der Waals surface area contributed by atoms with Gasteiger partial charge in [0, 0.05) is 0 Å². The highest BCUT2D eigenvalue weighted by molar-refractivity contribution is 7.89. The third kappa shape index (κ3) is 3.92. The van der Waals surface area contributed by atoms with Gasteiger partial charge >= 0.3 is 5.97 Å². The standard InChI is InChI=1S/C18H18N2O7S/c1-10-7-12(18(22)23)8-16(11(10)2)28(24,25)20-19-17(21)15-9-26-13-5-3-4-6-14(13)27-15/h3-8,15,20H,9H2,1-2H3,(H,19,21)(H,22,23)/t15-/m1/s1. The minimum absolute atomic E-state index is 0.0861. The highest BCUT2D eigenvalue weighted by Crippen LogP contribution is 2.30. The van der Waals surface area contributed by atoms with Gasteiger partial charge in [0.2, 0.25) is 6.10 Å². The summed E-state index contributed by atoms with van der Waals surface area (Å²) in [4.78, 5) is 25.2. The van der Waals surface area contributed by atoms with E-state index in [9.17, 15) is 18.0 Å². The van der Waals surface area contributed by atoms with Crippen LogP contribution in [0, 0.1) is 13.8 Å². The SMILES string of the molecule is Cc1cc(C(=O)O)cc(S(=O)(=O)NNC(=O)[C@H]2COc3ccccc3O2)c1C. The van der Waals surface area contributed by atoms with Crippen molar-refractivity contribution in [2.24, 2.45) is 0 Å². The van der Waals surface area contributed by atoms with E-state index in [0.717, 1.165) is 6.07 Å². The van der Waals surface area contributed by atoms with Gasteiger partial charge in [-0.15, -0.1) is 4.83 Å². The highest BCUT2D eigenvalue weighted by Gasteiger charge is 2.29. The lowest BCUT2D eigenvalue weighted by Crippen LogP contribution is -2.50. The molecular weight excluding hydrogens is 388 g/mol. The van der Waals surface area contributed by atoms with Crippen molar-refractivity contribution >= 4 is 21.9 Å². The number of ether oxygens (including phenoxy) is 2. The predicted octanol–water partition coefficient (Wildman–Crippen LogP) is 1.15. The van der Waals surface area contributed by atoms with E-state index in [1.54, 1.807) is 38.1 Å². The van der Waals surface area contributed by atoms with E-state index < -0.39 is 28.0 Å². The largest absolute Gasteiger partial charge is 0.485 e. The van der Waals surface area contributed by atoms with Gasteiger partial charge in [0.05, 0.1) is 10.5 Å². The molecule has 0 aromatic heterocycles. The number of sulfonamides is 1. The number of carboxylic acids is 1. The zero-order valence-electron chi connectivity index (χ0n) is 15.1. The molecule has 1 aliphatic rings. The van der Waals surface area contributed by atoms with Gasteiger partial charge in [-0.2, -0.15) is 0 Å². The molecule has 3 N–H and O–H groups in total. The molecule has 3 rings (SSSR count). The lowest BCUT2D eigenvalue weighted by molar-refractivity contribution is -0.130. The summed E-state index contributed by atoms with van der Waals surface area (Å²) >= 11 is 0. The van der Waals surface area contributed by atoms with E-state index in [2.05, 4.69) is 5.43 Å². The van der Waals surface area contributed by atoms with E-state index in [4.69, 9.17) is 14.6 Å². The minimum atomic E-state index is -4.21. The molecule has 2 aromatic rings. The molecular formula is C18H18N2O7S. The molecule has 10 heteroatoms. The Morgan fingerprint density at radius 2 is 1.82 bits per heavy atom. The molecule has 1 amide bonds. The summed E-state index contributed by atoms with van der Waals surface area (Å²) in [6, 6.07) is 9.20. The van der Waals surface area contributed by atoms with Crippen LogP contribution in [0.1, 0.15) is 21.5 Å². The lowest BCUT2D eigenvalue weighted by atomic mass is 10.1. The Hall–Kier alpha value is -3.11. The van der Waals surface area contributed by atoms with Crippen LogP contribution in [0.3, 0.4) is 0 Å². The topological polar surface area (TPSA) is 131 Å². The van der Waals surface area contributed by atoms with Crippen LogP contribution >= 0.6 is 0 Å². The van der Waals surface area contributed by atoms with Crippen molar-refractivity contribution in [2.45, 2.75) is 24.8 Å². The monoisotopic (exact) mass is 406 g/mol. The second-order valence-electron chi connectivity index (χ2n) is 6.18. The van der Waals surface area contributed by atoms with Gasteiger partial charge in [-0.05, 0) is 49.2 Å². The van der Waals surface area contributed by atoms with E-state index in [1.807, 2.05) is 4.83 Å². The van der Waals surface area contributed by atoms with Crippen LogP contribution in [-0.2, 0) is 14.8 Å². The fourth-order valence-corrected chi connectivity index (χ4v) is 3.82. The lowest BCUT2D eigenvalue weighted by Gasteiger charge is -2.25. The first-order valence-electron chi connectivity index (χ1n) is 8.24. The normalized spacial score (nSPS) is 15.7. The molecule has 2 aromatic carbocycles. The first kappa shape index (κ1) is 19.6. The summed E-state index contributed by atoms with van der Waals surface area (Å²) in [7, 11) is -4.21.